The highest BCUT2D eigenvalue weighted by molar-refractivity contribution is 7.16. The molecule has 0 aliphatic heterocycles. The summed E-state index contributed by atoms with van der Waals surface area (Å²) >= 11 is 7.08. The van der Waals surface area contributed by atoms with Crippen LogP contribution >= 0.6 is 22.9 Å². The van der Waals surface area contributed by atoms with Gasteiger partial charge in [-0.25, -0.2) is 0 Å². The van der Waals surface area contributed by atoms with Gasteiger partial charge in [-0.15, -0.1) is 22.9 Å². The number of carbonyl (C=O) groups is 1. The van der Waals surface area contributed by atoms with E-state index in [1.807, 2.05) is 0 Å². The van der Waals surface area contributed by atoms with Gasteiger partial charge >= 0.3 is 0 Å². The Bertz CT molecular complexity index is 586. The number of fused-ring (bicyclic) bond motifs is 1. The van der Waals surface area contributed by atoms with E-state index in [4.69, 9.17) is 11.6 Å². The minimum atomic E-state index is -0.253. The largest absolute Gasteiger partial charge is 0.316 e. The second-order valence-electron chi connectivity index (χ2n) is 6.28. The highest BCUT2D eigenvalue weighted by Gasteiger charge is 2.33. The van der Waals surface area contributed by atoms with E-state index in [1.165, 1.54) is 4.88 Å². The van der Waals surface area contributed by atoms with Crippen LogP contribution in [-0.2, 0) is 17.6 Å². The van der Waals surface area contributed by atoms with Crippen LogP contribution in [0.1, 0.15) is 49.6 Å². The molecule has 0 fully saturated rings. The molecule has 1 aromatic heterocycles. The van der Waals surface area contributed by atoms with Gasteiger partial charge in [0.25, 0.3) is 0 Å². The number of thiophene rings is 1. The molecule has 0 spiro atoms. The van der Waals surface area contributed by atoms with Gasteiger partial charge < -0.3 is 5.32 Å². The second-order valence-corrected chi connectivity index (χ2v) is 7.66. The fourth-order valence-corrected chi connectivity index (χ4v) is 4.27. The lowest BCUT2D eigenvalue weighted by Crippen LogP contribution is -2.28. The molecule has 21 heavy (non-hydrogen) atoms. The molecule has 3 nitrogen and oxygen atoms in total. The molecule has 0 aromatic carbocycles. The van der Waals surface area contributed by atoms with E-state index in [2.05, 4.69) is 32.2 Å². The number of hydrogen-bond acceptors (Lipinski definition) is 3. The van der Waals surface area contributed by atoms with E-state index in [9.17, 15) is 10.1 Å². The molecule has 1 aliphatic rings. The Morgan fingerprint density at radius 2 is 2.29 bits per heavy atom. The Kier molecular flexibility index (Phi) is 4.95. The molecule has 2 rings (SSSR count). The van der Waals surface area contributed by atoms with Gasteiger partial charge in [0.15, 0.2) is 0 Å². The Hall–Kier alpha value is -1.05. The monoisotopic (exact) mass is 324 g/mol. The smallest absolute Gasteiger partial charge is 0.239 e. The Morgan fingerprint density at radius 3 is 2.86 bits per heavy atom. The van der Waals surface area contributed by atoms with E-state index >= 15 is 0 Å². The summed E-state index contributed by atoms with van der Waals surface area (Å²) < 4.78 is 0. The number of amides is 1. The van der Waals surface area contributed by atoms with Crippen molar-refractivity contribution >= 4 is 33.8 Å². The summed E-state index contributed by atoms with van der Waals surface area (Å²) in [5.74, 6) is 0.299. The standard InChI is InChI=1S/C16H21ClN2OS/c1-4-16(2,3)10-5-6-11-12(9-18)15(19-14(20)8-17)21-13(11)7-10/h10H,4-8H2,1-3H3,(H,19,20). The van der Waals surface area contributed by atoms with E-state index in [0.717, 1.165) is 31.2 Å². The first-order chi connectivity index (χ1) is 9.92. The van der Waals surface area contributed by atoms with Crippen molar-refractivity contribution in [2.45, 2.75) is 46.5 Å². The van der Waals surface area contributed by atoms with Gasteiger partial charge in [-0.2, -0.15) is 5.26 Å². The van der Waals surface area contributed by atoms with Gasteiger partial charge in [-0.1, -0.05) is 27.2 Å². The molecule has 0 bridgehead atoms. The van der Waals surface area contributed by atoms with E-state index in [-0.39, 0.29) is 11.8 Å². The highest BCUT2D eigenvalue weighted by Crippen LogP contribution is 2.45. The summed E-state index contributed by atoms with van der Waals surface area (Å²) in [6.07, 6.45) is 4.20. The van der Waals surface area contributed by atoms with Crippen molar-refractivity contribution in [2.75, 3.05) is 11.2 Å². The molecular formula is C16H21ClN2OS. The van der Waals surface area contributed by atoms with E-state index < -0.39 is 0 Å². The van der Waals surface area contributed by atoms with Crippen molar-refractivity contribution in [3.8, 4) is 6.07 Å². The summed E-state index contributed by atoms with van der Waals surface area (Å²) in [5.41, 5.74) is 2.09. The van der Waals surface area contributed by atoms with Gasteiger partial charge in [0.1, 0.15) is 17.0 Å². The molecule has 1 atom stereocenters. The first kappa shape index (κ1) is 16.3. The van der Waals surface area contributed by atoms with Crippen molar-refractivity contribution in [1.29, 1.82) is 5.26 Å². The molecule has 1 N–H and O–H groups in total. The number of nitrogens with zero attached hydrogens (tertiary/aromatic N) is 1. The SMILES string of the molecule is CCC(C)(C)C1CCc2c(sc(NC(=O)CCl)c2C#N)C1. The van der Waals surface area contributed by atoms with Crippen LogP contribution in [0.25, 0.3) is 0 Å². The molecule has 1 aromatic rings. The van der Waals surface area contributed by atoms with Crippen LogP contribution < -0.4 is 5.32 Å². The molecule has 1 amide bonds. The quantitative estimate of drug-likeness (QED) is 0.838. The van der Waals surface area contributed by atoms with Crippen LogP contribution in [-0.4, -0.2) is 11.8 Å². The zero-order valence-electron chi connectivity index (χ0n) is 12.8. The number of rotatable bonds is 4. The zero-order chi connectivity index (χ0) is 15.6. The molecular weight excluding hydrogens is 304 g/mol. The topological polar surface area (TPSA) is 52.9 Å². The van der Waals surface area contributed by atoms with E-state index in [1.54, 1.807) is 11.3 Å². The maximum absolute atomic E-state index is 11.5. The number of nitriles is 1. The third-order valence-electron chi connectivity index (χ3n) is 4.77. The van der Waals surface area contributed by atoms with Crippen LogP contribution in [0.2, 0.25) is 0 Å². The van der Waals surface area contributed by atoms with Crippen molar-refractivity contribution in [3.63, 3.8) is 0 Å². The summed E-state index contributed by atoms with van der Waals surface area (Å²) in [5, 5.41) is 12.8. The van der Waals surface area contributed by atoms with Crippen molar-refractivity contribution in [3.05, 3.63) is 16.0 Å². The normalized spacial score (nSPS) is 18.0. The third-order valence-corrected chi connectivity index (χ3v) is 6.18. The zero-order valence-corrected chi connectivity index (χ0v) is 14.3. The van der Waals surface area contributed by atoms with Crippen molar-refractivity contribution in [1.82, 2.24) is 0 Å². The molecule has 5 heteroatoms. The fourth-order valence-electron chi connectivity index (χ4n) is 2.91. The van der Waals surface area contributed by atoms with Crippen molar-refractivity contribution < 1.29 is 4.79 Å². The average molecular weight is 325 g/mol. The molecule has 1 heterocycles. The van der Waals surface area contributed by atoms with Crippen LogP contribution in [0.15, 0.2) is 0 Å². The fraction of sp³-hybridized carbons (Fsp3) is 0.625. The molecule has 0 radical (unpaired) electrons. The molecule has 1 aliphatic carbocycles. The number of anilines is 1. The minimum absolute atomic E-state index is 0.0844. The first-order valence-corrected chi connectivity index (χ1v) is 8.68. The lowest BCUT2D eigenvalue weighted by Gasteiger charge is -2.36. The summed E-state index contributed by atoms with van der Waals surface area (Å²) in [6.45, 7) is 6.87. The predicted octanol–water partition coefficient (Wildman–Crippen LogP) is 4.34. The van der Waals surface area contributed by atoms with Crippen LogP contribution in [0.3, 0.4) is 0 Å². The van der Waals surface area contributed by atoms with Gasteiger partial charge in [0, 0.05) is 4.88 Å². The lowest BCUT2D eigenvalue weighted by molar-refractivity contribution is -0.113. The molecule has 0 saturated carbocycles. The van der Waals surface area contributed by atoms with Crippen LogP contribution in [0.4, 0.5) is 5.00 Å². The second kappa shape index (κ2) is 6.37. The van der Waals surface area contributed by atoms with Gasteiger partial charge in [-0.05, 0) is 36.2 Å². The Labute approximate surface area is 135 Å². The number of alkyl halides is 1. The lowest BCUT2D eigenvalue weighted by atomic mass is 9.69. The highest BCUT2D eigenvalue weighted by atomic mass is 35.5. The number of hydrogen-bond donors (Lipinski definition) is 1. The number of nitrogens with one attached hydrogen (secondary N) is 1. The maximum atomic E-state index is 11.5. The Morgan fingerprint density at radius 1 is 1.57 bits per heavy atom. The molecule has 1 unspecified atom stereocenters. The van der Waals surface area contributed by atoms with Crippen LogP contribution in [0, 0.1) is 22.7 Å². The van der Waals surface area contributed by atoms with Gasteiger partial charge in [0.05, 0.1) is 5.56 Å². The molecule has 0 saturated heterocycles. The predicted molar refractivity (Wildman–Crippen MR) is 88.0 cm³/mol. The summed E-state index contributed by atoms with van der Waals surface area (Å²) in [7, 11) is 0. The van der Waals surface area contributed by atoms with E-state index in [0.29, 0.717) is 21.9 Å². The first-order valence-electron chi connectivity index (χ1n) is 7.33. The van der Waals surface area contributed by atoms with Crippen LogP contribution in [0.5, 0.6) is 0 Å². The minimum Gasteiger partial charge on any atom is -0.316 e. The molecule has 114 valence electrons. The Balaban J connectivity index is 2.29. The summed E-state index contributed by atoms with van der Waals surface area (Å²) in [6, 6.07) is 2.25. The maximum Gasteiger partial charge on any atom is 0.239 e. The van der Waals surface area contributed by atoms with Gasteiger partial charge in [0.2, 0.25) is 5.91 Å². The van der Waals surface area contributed by atoms with Gasteiger partial charge in [-0.3, -0.25) is 4.79 Å². The third kappa shape index (κ3) is 3.25. The number of halogens is 1. The summed E-state index contributed by atoms with van der Waals surface area (Å²) in [4.78, 5) is 12.7. The number of carbonyl (C=O) groups excluding carboxylic acids is 1. The average Bonchev–Trinajstić information content (AvgIpc) is 2.82. The van der Waals surface area contributed by atoms with Crippen molar-refractivity contribution in [2.24, 2.45) is 11.3 Å².